The van der Waals surface area contributed by atoms with Gasteiger partial charge < -0.3 is 20.4 Å². The number of nitrogens with zero attached hydrogens (tertiary/aromatic N) is 1. The van der Waals surface area contributed by atoms with Crippen LogP contribution in [-0.2, 0) is 6.54 Å². The van der Waals surface area contributed by atoms with Gasteiger partial charge in [0.2, 0.25) is 0 Å². The van der Waals surface area contributed by atoms with Gasteiger partial charge in [0.1, 0.15) is 5.76 Å². The van der Waals surface area contributed by atoms with Crippen LogP contribution in [0.5, 0.6) is 0 Å². The van der Waals surface area contributed by atoms with E-state index in [2.05, 4.69) is 24.2 Å². The zero-order valence-electron chi connectivity index (χ0n) is 11.7. The first-order valence-corrected chi connectivity index (χ1v) is 6.78. The molecular weight excluding hydrogens is 242 g/mol. The Balaban J connectivity index is 1.86. The molecule has 0 atom stereocenters. The number of furan rings is 1. The number of nitrogens with two attached hydrogens (primary N) is 1. The third kappa shape index (κ3) is 3.58. The smallest absolute Gasteiger partial charge is 0.287 e. The van der Waals surface area contributed by atoms with Crippen LogP contribution in [0.2, 0.25) is 0 Å². The number of likely N-dealkylation sites (tertiary alicyclic amines) is 1. The molecule has 19 heavy (non-hydrogen) atoms. The molecule has 0 radical (unpaired) electrons. The van der Waals surface area contributed by atoms with E-state index in [1.807, 2.05) is 0 Å². The molecule has 1 aromatic rings. The molecule has 1 aliphatic heterocycles. The molecule has 1 aromatic heterocycles. The highest BCUT2D eigenvalue weighted by Gasteiger charge is 2.29. The second-order valence-electron chi connectivity index (χ2n) is 5.77. The number of nitrogens with one attached hydrogen (secondary N) is 1. The fraction of sp³-hybridized carbons (Fsp3) is 0.643. The van der Waals surface area contributed by atoms with Gasteiger partial charge in [-0.25, -0.2) is 0 Å². The van der Waals surface area contributed by atoms with Gasteiger partial charge in [-0.05, 0) is 50.5 Å². The van der Waals surface area contributed by atoms with Gasteiger partial charge in [0.15, 0.2) is 5.76 Å². The Labute approximate surface area is 114 Å². The zero-order chi connectivity index (χ0) is 13.9. The molecule has 2 heterocycles. The maximum absolute atomic E-state index is 12.0. The molecule has 5 heteroatoms. The standard InChI is InChI=1S/C14H23N3O2/c1-14(5-7-17(2)8-6-14)10-16-13(18)12-4-3-11(9-15)19-12/h3-4H,5-10,15H2,1-2H3,(H,16,18). The highest BCUT2D eigenvalue weighted by molar-refractivity contribution is 5.91. The van der Waals surface area contributed by atoms with Gasteiger partial charge in [-0.2, -0.15) is 0 Å². The summed E-state index contributed by atoms with van der Waals surface area (Å²) >= 11 is 0. The van der Waals surface area contributed by atoms with E-state index in [0.29, 0.717) is 24.6 Å². The van der Waals surface area contributed by atoms with Crippen LogP contribution in [0.4, 0.5) is 0 Å². The van der Waals surface area contributed by atoms with Crippen LogP contribution in [0.3, 0.4) is 0 Å². The lowest BCUT2D eigenvalue weighted by molar-refractivity contribution is 0.0863. The second-order valence-corrected chi connectivity index (χ2v) is 5.77. The third-order valence-electron chi connectivity index (χ3n) is 3.96. The fourth-order valence-electron chi connectivity index (χ4n) is 2.33. The van der Waals surface area contributed by atoms with E-state index >= 15 is 0 Å². The van der Waals surface area contributed by atoms with Crippen molar-refractivity contribution >= 4 is 5.91 Å². The zero-order valence-corrected chi connectivity index (χ0v) is 11.7. The van der Waals surface area contributed by atoms with Crippen molar-refractivity contribution in [1.82, 2.24) is 10.2 Å². The minimum absolute atomic E-state index is 0.153. The van der Waals surface area contributed by atoms with Gasteiger partial charge in [0, 0.05) is 6.54 Å². The van der Waals surface area contributed by atoms with E-state index in [1.165, 1.54) is 0 Å². The van der Waals surface area contributed by atoms with Crippen LogP contribution in [0.1, 0.15) is 36.1 Å². The Bertz CT molecular complexity index is 434. The minimum Gasteiger partial charge on any atom is -0.455 e. The summed E-state index contributed by atoms with van der Waals surface area (Å²) in [7, 11) is 2.13. The number of rotatable bonds is 4. The molecule has 2 rings (SSSR count). The molecule has 5 nitrogen and oxygen atoms in total. The van der Waals surface area contributed by atoms with E-state index in [0.717, 1.165) is 25.9 Å². The molecule has 1 aliphatic rings. The van der Waals surface area contributed by atoms with Crippen molar-refractivity contribution in [2.75, 3.05) is 26.7 Å². The molecule has 0 saturated carbocycles. The van der Waals surface area contributed by atoms with Crippen molar-refractivity contribution in [2.24, 2.45) is 11.1 Å². The number of amides is 1. The van der Waals surface area contributed by atoms with Crippen molar-refractivity contribution in [2.45, 2.75) is 26.3 Å². The molecule has 1 amide bonds. The van der Waals surface area contributed by atoms with Gasteiger partial charge in [0.05, 0.1) is 6.54 Å². The number of hydrogen-bond donors (Lipinski definition) is 2. The molecule has 0 bridgehead atoms. The Morgan fingerprint density at radius 1 is 1.47 bits per heavy atom. The van der Waals surface area contributed by atoms with E-state index in [1.54, 1.807) is 12.1 Å². The van der Waals surface area contributed by atoms with E-state index < -0.39 is 0 Å². The van der Waals surface area contributed by atoms with Gasteiger partial charge >= 0.3 is 0 Å². The van der Waals surface area contributed by atoms with Crippen LogP contribution in [0, 0.1) is 5.41 Å². The first kappa shape index (κ1) is 14.1. The molecule has 1 fully saturated rings. The number of carbonyl (C=O) groups is 1. The van der Waals surface area contributed by atoms with Crippen molar-refractivity contribution in [1.29, 1.82) is 0 Å². The number of piperidine rings is 1. The Kier molecular flexibility index (Phi) is 4.27. The summed E-state index contributed by atoms with van der Waals surface area (Å²) in [6.07, 6.45) is 2.21. The lowest BCUT2D eigenvalue weighted by Crippen LogP contribution is -2.43. The molecule has 0 aromatic carbocycles. The summed E-state index contributed by atoms with van der Waals surface area (Å²) in [5, 5.41) is 2.97. The molecule has 0 spiro atoms. The molecule has 1 saturated heterocycles. The quantitative estimate of drug-likeness (QED) is 0.858. The van der Waals surface area contributed by atoms with Crippen molar-refractivity contribution in [3.8, 4) is 0 Å². The SMILES string of the molecule is CN1CCC(C)(CNC(=O)c2ccc(CN)o2)CC1. The predicted molar refractivity (Wildman–Crippen MR) is 73.8 cm³/mol. The minimum atomic E-state index is -0.153. The number of hydrogen-bond acceptors (Lipinski definition) is 4. The van der Waals surface area contributed by atoms with Crippen molar-refractivity contribution in [3.05, 3.63) is 23.7 Å². The average molecular weight is 265 g/mol. The van der Waals surface area contributed by atoms with Crippen LogP contribution >= 0.6 is 0 Å². The van der Waals surface area contributed by atoms with E-state index in [4.69, 9.17) is 10.2 Å². The summed E-state index contributed by atoms with van der Waals surface area (Å²) in [4.78, 5) is 14.3. The Morgan fingerprint density at radius 3 is 2.74 bits per heavy atom. The summed E-state index contributed by atoms with van der Waals surface area (Å²) in [6.45, 7) is 5.41. The summed E-state index contributed by atoms with van der Waals surface area (Å²) in [6, 6.07) is 3.42. The van der Waals surface area contributed by atoms with Gasteiger partial charge in [-0.3, -0.25) is 4.79 Å². The van der Waals surface area contributed by atoms with E-state index in [9.17, 15) is 4.79 Å². The third-order valence-corrected chi connectivity index (χ3v) is 3.96. The van der Waals surface area contributed by atoms with Crippen molar-refractivity contribution < 1.29 is 9.21 Å². The first-order chi connectivity index (χ1) is 9.02. The average Bonchev–Trinajstić information content (AvgIpc) is 2.89. The first-order valence-electron chi connectivity index (χ1n) is 6.78. The maximum Gasteiger partial charge on any atom is 0.287 e. The second kappa shape index (κ2) is 5.75. The normalized spacial score (nSPS) is 19.3. The van der Waals surface area contributed by atoms with Crippen LogP contribution < -0.4 is 11.1 Å². The lowest BCUT2D eigenvalue weighted by atomic mass is 9.80. The lowest BCUT2D eigenvalue weighted by Gasteiger charge is -2.37. The Hall–Kier alpha value is -1.33. The van der Waals surface area contributed by atoms with Gasteiger partial charge in [-0.15, -0.1) is 0 Å². The maximum atomic E-state index is 12.0. The highest BCUT2D eigenvalue weighted by atomic mass is 16.4. The monoisotopic (exact) mass is 265 g/mol. The molecule has 0 aliphatic carbocycles. The van der Waals surface area contributed by atoms with Crippen LogP contribution in [0.15, 0.2) is 16.5 Å². The summed E-state index contributed by atoms with van der Waals surface area (Å²) in [5.41, 5.74) is 5.64. The van der Waals surface area contributed by atoms with Gasteiger partial charge in [-0.1, -0.05) is 6.92 Å². The Morgan fingerprint density at radius 2 is 2.16 bits per heavy atom. The molecule has 106 valence electrons. The van der Waals surface area contributed by atoms with Crippen LogP contribution in [-0.4, -0.2) is 37.5 Å². The van der Waals surface area contributed by atoms with Gasteiger partial charge in [0.25, 0.3) is 5.91 Å². The predicted octanol–water partition coefficient (Wildman–Crippen LogP) is 1.20. The topological polar surface area (TPSA) is 71.5 Å². The highest BCUT2D eigenvalue weighted by Crippen LogP contribution is 2.29. The number of carbonyl (C=O) groups excluding carboxylic acids is 1. The summed E-state index contributed by atoms with van der Waals surface area (Å²) in [5.74, 6) is 0.826. The molecule has 3 N–H and O–H groups in total. The van der Waals surface area contributed by atoms with Crippen molar-refractivity contribution in [3.63, 3.8) is 0 Å². The summed E-state index contributed by atoms with van der Waals surface area (Å²) < 4.78 is 5.34. The van der Waals surface area contributed by atoms with E-state index in [-0.39, 0.29) is 11.3 Å². The molecule has 0 unspecified atom stereocenters. The fourth-order valence-corrected chi connectivity index (χ4v) is 2.33. The van der Waals surface area contributed by atoms with Crippen LogP contribution in [0.25, 0.3) is 0 Å². The molecular formula is C14H23N3O2. The largest absolute Gasteiger partial charge is 0.455 e.